The fourth-order valence-corrected chi connectivity index (χ4v) is 3.42. The number of anilines is 1. The molecule has 4 nitrogen and oxygen atoms in total. The molecule has 2 aliphatic heterocycles. The van der Waals surface area contributed by atoms with Gasteiger partial charge in [0.1, 0.15) is 0 Å². The van der Waals surface area contributed by atoms with Gasteiger partial charge in [0.25, 0.3) is 0 Å². The highest BCUT2D eigenvalue weighted by Crippen LogP contribution is 2.26. The average Bonchev–Trinajstić information content (AvgIpc) is 2.86. The van der Waals surface area contributed by atoms with Crippen LogP contribution in [-0.4, -0.2) is 66.8 Å². The molecule has 1 saturated heterocycles. The second-order valence-corrected chi connectivity index (χ2v) is 6.40. The van der Waals surface area contributed by atoms with Crippen LogP contribution < -0.4 is 5.32 Å². The van der Waals surface area contributed by atoms with E-state index in [1.54, 1.807) is 0 Å². The molecule has 2 N–H and O–H groups in total. The summed E-state index contributed by atoms with van der Waals surface area (Å²) in [5, 5.41) is 12.5. The van der Waals surface area contributed by atoms with E-state index in [-0.39, 0.29) is 6.61 Å². The highest BCUT2D eigenvalue weighted by molar-refractivity contribution is 5.57. The van der Waals surface area contributed by atoms with Crippen LogP contribution in [0, 0.1) is 0 Å². The molecule has 1 aromatic carbocycles. The topological polar surface area (TPSA) is 38.7 Å². The summed E-state index contributed by atoms with van der Waals surface area (Å²) >= 11 is 0. The van der Waals surface area contributed by atoms with E-state index in [4.69, 9.17) is 5.11 Å². The highest BCUT2D eigenvalue weighted by Gasteiger charge is 2.18. The van der Waals surface area contributed by atoms with Gasteiger partial charge in [-0.3, -0.25) is 4.90 Å². The molecule has 1 aromatic rings. The summed E-state index contributed by atoms with van der Waals surface area (Å²) in [7, 11) is 0. The number of piperazine rings is 1. The van der Waals surface area contributed by atoms with Crippen molar-refractivity contribution < 1.29 is 5.11 Å². The summed E-state index contributed by atoms with van der Waals surface area (Å²) in [5.41, 5.74) is 4.26. The lowest BCUT2D eigenvalue weighted by atomic mass is 10.0. The number of benzene rings is 1. The fourth-order valence-electron chi connectivity index (χ4n) is 3.42. The average molecular weight is 289 g/mol. The number of nitrogens with one attached hydrogen (secondary N) is 1. The molecular formula is C17H27N3O. The summed E-state index contributed by atoms with van der Waals surface area (Å²) in [6, 6.07) is 7.47. The van der Waals surface area contributed by atoms with E-state index in [1.807, 2.05) is 0 Å². The van der Waals surface area contributed by atoms with Crippen molar-refractivity contribution >= 4 is 5.69 Å². The lowest BCUT2D eigenvalue weighted by molar-refractivity contribution is 0.113. The number of β-amino-alcohol motifs (C(OH)–C–C–N with tert-alkyl or cyclic N) is 1. The van der Waals surface area contributed by atoms with Gasteiger partial charge in [-0.05, 0) is 37.0 Å². The largest absolute Gasteiger partial charge is 0.395 e. The maximum atomic E-state index is 8.97. The molecule has 1 fully saturated rings. The van der Waals surface area contributed by atoms with Crippen molar-refractivity contribution in [3.05, 3.63) is 29.3 Å². The molecule has 0 aliphatic carbocycles. The Morgan fingerprint density at radius 1 is 1.14 bits per heavy atom. The Kier molecular flexibility index (Phi) is 4.78. The van der Waals surface area contributed by atoms with Gasteiger partial charge in [-0.1, -0.05) is 12.1 Å². The summed E-state index contributed by atoms with van der Waals surface area (Å²) in [6.07, 6.45) is 2.30. The van der Waals surface area contributed by atoms with E-state index in [0.29, 0.717) is 6.04 Å². The molecule has 2 heterocycles. The van der Waals surface area contributed by atoms with Gasteiger partial charge in [-0.15, -0.1) is 0 Å². The Morgan fingerprint density at radius 3 is 2.57 bits per heavy atom. The van der Waals surface area contributed by atoms with Crippen molar-refractivity contribution in [3.8, 4) is 0 Å². The second-order valence-electron chi connectivity index (χ2n) is 6.40. The Morgan fingerprint density at radius 2 is 1.86 bits per heavy atom. The van der Waals surface area contributed by atoms with Gasteiger partial charge in [0.05, 0.1) is 6.61 Å². The Balaban J connectivity index is 1.47. The van der Waals surface area contributed by atoms with Crippen LogP contribution in [0.3, 0.4) is 0 Å². The molecule has 0 spiro atoms. The van der Waals surface area contributed by atoms with Crippen molar-refractivity contribution in [2.45, 2.75) is 25.8 Å². The number of hydrogen-bond donors (Lipinski definition) is 2. The zero-order valence-electron chi connectivity index (χ0n) is 13.0. The van der Waals surface area contributed by atoms with Gasteiger partial charge in [-0.2, -0.15) is 0 Å². The minimum Gasteiger partial charge on any atom is -0.395 e. The molecule has 3 rings (SSSR count). The van der Waals surface area contributed by atoms with Gasteiger partial charge in [-0.25, -0.2) is 0 Å². The van der Waals surface area contributed by atoms with Crippen molar-refractivity contribution in [2.24, 2.45) is 0 Å². The van der Waals surface area contributed by atoms with Crippen LogP contribution in [0.15, 0.2) is 18.2 Å². The number of aliphatic hydroxyl groups excluding tert-OH is 1. The second kappa shape index (κ2) is 6.77. The Hall–Kier alpha value is -1.10. The first kappa shape index (κ1) is 14.8. The molecule has 0 saturated carbocycles. The van der Waals surface area contributed by atoms with E-state index >= 15 is 0 Å². The van der Waals surface area contributed by atoms with Crippen molar-refractivity contribution in [3.63, 3.8) is 0 Å². The van der Waals surface area contributed by atoms with Crippen LogP contribution in [-0.2, 0) is 12.8 Å². The van der Waals surface area contributed by atoms with Gasteiger partial charge in [0.2, 0.25) is 0 Å². The first-order chi connectivity index (χ1) is 10.2. The van der Waals surface area contributed by atoms with Gasteiger partial charge in [0.15, 0.2) is 0 Å². The smallest absolute Gasteiger partial charge is 0.0558 e. The Bertz CT molecular complexity index is 469. The van der Waals surface area contributed by atoms with E-state index in [0.717, 1.165) is 52.1 Å². The van der Waals surface area contributed by atoms with Crippen molar-refractivity contribution in [1.29, 1.82) is 0 Å². The number of fused-ring (bicyclic) bond motifs is 1. The SMILES string of the molecule is CC1Cc2cc(CCN3CCN(CCO)CC3)ccc2N1. The lowest BCUT2D eigenvalue weighted by Gasteiger charge is -2.34. The molecule has 4 heteroatoms. The maximum absolute atomic E-state index is 8.97. The predicted molar refractivity (Wildman–Crippen MR) is 86.9 cm³/mol. The summed E-state index contributed by atoms with van der Waals surface area (Å²) < 4.78 is 0. The number of nitrogens with zero attached hydrogens (tertiary/aromatic N) is 2. The lowest BCUT2D eigenvalue weighted by Crippen LogP contribution is -2.47. The predicted octanol–water partition coefficient (Wildman–Crippen LogP) is 1.20. The number of hydrogen-bond acceptors (Lipinski definition) is 4. The summed E-state index contributed by atoms with van der Waals surface area (Å²) in [5.74, 6) is 0. The minimum absolute atomic E-state index is 0.279. The van der Waals surface area contributed by atoms with Crippen molar-refractivity contribution in [1.82, 2.24) is 9.80 Å². The van der Waals surface area contributed by atoms with E-state index in [1.165, 1.54) is 16.8 Å². The highest BCUT2D eigenvalue weighted by atomic mass is 16.3. The third kappa shape index (κ3) is 3.76. The van der Waals surface area contributed by atoms with E-state index in [9.17, 15) is 0 Å². The van der Waals surface area contributed by atoms with E-state index in [2.05, 4.69) is 40.2 Å². The molecule has 116 valence electrons. The fraction of sp³-hybridized carbons (Fsp3) is 0.647. The minimum atomic E-state index is 0.279. The molecule has 0 radical (unpaired) electrons. The standard InChI is InChI=1S/C17H27N3O/c1-14-12-16-13-15(2-3-17(16)18-14)4-5-19-6-8-20(9-7-19)10-11-21/h2-3,13-14,18,21H,4-12H2,1H3. The van der Waals surface area contributed by atoms with Gasteiger partial charge in [0, 0.05) is 51.0 Å². The third-order valence-corrected chi connectivity index (χ3v) is 4.70. The van der Waals surface area contributed by atoms with Crippen molar-refractivity contribution in [2.75, 3.05) is 51.2 Å². The molecule has 0 bridgehead atoms. The Labute approximate surface area is 127 Å². The molecular weight excluding hydrogens is 262 g/mol. The van der Waals surface area contributed by atoms with Crippen LogP contribution in [0.25, 0.3) is 0 Å². The monoisotopic (exact) mass is 289 g/mol. The van der Waals surface area contributed by atoms with Gasteiger partial charge >= 0.3 is 0 Å². The third-order valence-electron chi connectivity index (χ3n) is 4.70. The molecule has 1 unspecified atom stereocenters. The quantitative estimate of drug-likeness (QED) is 0.854. The molecule has 1 atom stereocenters. The van der Waals surface area contributed by atoms with Crippen LogP contribution in [0.4, 0.5) is 5.69 Å². The van der Waals surface area contributed by atoms with E-state index < -0.39 is 0 Å². The first-order valence-electron chi connectivity index (χ1n) is 8.18. The molecule has 21 heavy (non-hydrogen) atoms. The van der Waals surface area contributed by atoms with Crippen LogP contribution in [0.2, 0.25) is 0 Å². The maximum Gasteiger partial charge on any atom is 0.0558 e. The van der Waals surface area contributed by atoms with Gasteiger partial charge < -0.3 is 15.3 Å². The van der Waals surface area contributed by atoms with Crippen LogP contribution in [0.5, 0.6) is 0 Å². The summed E-state index contributed by atoms with van der Waals surface area (Å²) in [6.45, 7) is 8.93. The number of rotatable bonds is 5. The summed E-state index contributed by atoms with van der Waals surface area (Å²) in [4.78, 5) is 4.89. The first-order valence-corrected chi connectivity index (χ1v) is 8.18. The normalized spacial score (nSPS) is 23.0. The molecule has 2 aliphatic rings. The number of aliphatic hydroxyl groups is 1. The van der Waals surface area contributed by atoms with Crippen LogP contribution in [0.1, 0.15) is 18.1 Å². The molecule has 0 aromatic heterocycles. The van der Waals surface area contributed by atoms with Crippen LogP contribution >= 0.6 is 0 Å². The zero-order valence-corrected chi connectivity index (χ0v) is 13.0. The molecule has 0 amide bonds. The zero-order chi connectivity index (χ0) is 14.7.